The van der Waals surface area contributed by atoms with Gasteiger partial charge >= 0.3 is 24.4 Å². The molecule has 3 aromatic rings. The molecule has 1 aromatic heterocycles. The van der Waals surface area contributed by atoms with Crippen LogP contribution >= 0.6 is 0 Å². The van der Waals surface area contributed by atoms with Crippen molar-refractivity contribution < 1.29 is 40.7 Å². The second kappa shape index (κ2) is 9.82. The van der Waals surface area contributed by atoms with Gasteiger partial charge in [-0.1, -0.05) is 6.07 Å². The van der Waals surface area contributed by atoms with Crippen LogP contribution in [0.2, 0.25) is 0 Å². The number of benzene rings is 2. The van der Waals surface area contributed by atoms with Crippen molar-refractivity contribution in [1.82, 2.24) is 20.6 Å². The highest BCUT2D eigenvalue weighted by Crippen LogP contribution is 2.37. The maximum absolute atomic E-state index is 13.1. The lowest BCUT2D eigenvalue weighted by Crippen LogP contribution is -2.21. The molecule has 3 rings (SSSR count). The van der Waals surface area contributed by atoms with E-state index in [0.29, 0.717) is 17.7 Å². The summed E-state index contributed by atoms with van der Waals surface area (Å²) in [5.41, 5.74) is -3.23. The van der Waals surface area contributed by atoms with Crippen LogP contribution in [0.25, 0.3) is 17.5 Å². The van der Waals surface area contributed by atoms with Crippen molar-refractivity contribution in [3.63, 3.8) is 0 Å². The maximum Gasteiger partial charge on any atom is 0.416 e. The molecular formula is C20H14F6N6O3. The van der Waals surface area contributed by atoms with Gasteiger partial charge in [-0.2, -0.15) is 31.6 Å². The van der Waals surface area contributed by atoms with Gasteiger partial charge in [0.25, 0.3) is 0 Å². The summed E-state index contributed by atoms with van der Waals surface area (Å²) in [6.45, 7) is 0. The fraction of sp³-hybridized carbons (Fsp3) is 0.150. The van der Waals surface area contributed by atoms with Crippen LogP contribution in [0.5, 0.6) is 0 Å². The van der Waals surface area contributed by atoms with E-state index in [4.69, 9.17) is 0 Å². The lowest BCUT2D eigenvalue weighted by atomic mass is 10.1. The van der Waals surface area contributed by atoms with Gasteiger partial charge in [-0.3, -0.25) is 0 Å². The standard InChI is InChI=1S/C20H14F6N6O3/c1-35-16(33)5-3-10-2-4-15(14(6-10)17-29-31-32-30-17)28-18(34)27-13-8-11(19(21,22)23)7-12(9-13)20(24,25)26/h2-9H,1H3,(H2,27,28,34)(H,29,30,31,32)/b5-3+. The number of esters is 1. The number of alkyl halides is 6. The quantitative estimate of drug-likeness (QED) is 0.265. The molecule has 0 spiro atoms. The molecule has 15 heteroatoms. The largest absolute Gasteiger partial charge is 0.466 e. The number of aromatic amines is 1. The second-order valence-electron chi connectivity index (χ2n) is 6.77. The number of aromatic nitrogens is 4. The SMILES string of the molecule is COC(=O)/C=C/c1ccc(NC(=O)Nc2cc(C(F)(F)F)cc(C(F)(F)F)c2)c(-c2nn[nH]n2)c1. The molecule has 3 N–H and O–H groups in total. The number of carbonyl (C=O) groups excluding carboxylic acids is 2. The van der Waals surface area contributed by atoms with Gasteiger partial charge < -0.3 is 15.4 Å². The van der Waals surface area contributed by atoms with Crippen LogP contribution in [0.4, 0.5) is 42.5 Å². The van der Waals surface area contributed by atoms with Gasteiger partial charge in [-0.15, -0.1) is 10.2 Å². The van der Waals surface area contributed by atoms with E-state index in [1.54, 1.807) is 0 Å². The van der Waals surface area contributed by atoms with E-state index in [1.165, 1.54) is 31.4 Å². The molecule has 184 valence electrons. The third-order valence-electron chi connectivity index (χ3n) is 4.34. The minimum Gasteiger partial charge on any atom is -0.466 e. The summed E-state index contributed by atoms with van der Waals surface area (Å²) in [7, 11) is 1.19. The Morgan fingerprint density at radius 1 is 0.971 bits per heavy atom. The zero-order valence-electron chi connectivity index (χ0n) is 17.5. The third kappa shape index (κ3) is 6.55. The molecule has 0 unspecified atom stereocenters. The van der Waals surface area contributed by atoms with Crippen LogP contribution in [-0.4, -0.2) is 39.7 Å². The molecule has 0 bridgehead atoms. The lowest BCUT2D eigenvalue weighted by Gasteiger charge is -2.15. The topological polar surface area (TPSA) is 122 Å². The van der Waals surface area contributed by atoms with Crippen LogP contribution in [0.15, 0.2) is 42.5 Å². The summed E-state index contributed by atoms with van der Waals surface area (Å²) in [6, 6.07) is 3.81. The van der Waals surface area contributed by atoms with Gasteiger partial charge in [-0.25, -0.2) is 9.59 Å². The molecule has 0 fully saturated rings. The zero-order chi connectivity index (χ0) is 25.8. The molecular weight excluding hydrogens is 486 g/mol. The molecule has 35 heavy (non-hydrogen) atoms. The van der Waals surface area contributed by atoms with Crippen LogP contribution < -0.4 is 10.6 Å². The fourth-order valence-electron chi connectivity index (χ4n) is 2.78. The number of methoxy groups -OCH3 is 1. The second-order valence-corrected chi connectivity index (χ2v) is 6.77. The smallest absolute Gasteiger partial charge is 0.416 e. The van der Waals surface area contributed by atoms with Crippen molar-refractivity contribution >= 4 is 29.5 Å². The minimum absolute atomic E-state index is 0.00652. The number of H-pyrrole nitrogens is 1. The highest BCUT2D eigenvalue weighted by Gasteiger charge is 2.37. The molecule has 9 nitrogen and oxygen atoms in total. The number of hydrogen-bond acceptors (Lipinski definition) is 6. The van der Waals surface area contributed by atoms with Crippen LogP contribution in [-0.2, 0) is 21.9 Å². The first-order chi connectivity index (χ1) is 16.4. The predicted octanol–water partition coefficient (Wildman–Crippen LogP) is 4.73. The van der Waals surface area contributed by atoms with Crippen LogP contribution in [0.3, 0.4) is 0 Å². The number of carbonyl (C=O) groups is 2. The molecule has 2 aromatic carbocycles. The maximum atomic E-state index is 13.1. The Labute approximate surface area is 192 Å². The number of halogens is 6. The first kappa shape index (κ1) is 25.2. The summed E-state index contributed by atoms with van der Waals surface area (Å²) < 4.78 is 82.8. The molecule has 0 aliphatic carbocycles. The van der Waals surface area contributed by atoms with Crippen molar-refractivity contribution in [2.75, 3.05) is 17.7 Å². The summed E-state index contributed by atoms with van der Waals surface area (Å²) in [5.74, 6) is -0.626. The van der Waals surface area contributed by atoms with E-state index >= 15 is 0 Å². The number of amides is 2. The molecule has 2 amide bonds. The number of hydrogen-bond donors (Lipinski definition) is 3. The summed E-state index contributed by atoms with van der Waals surface area (Å²) in [4.78, 5) is 23.7. The van der Waals surface area contributed by atoms with Gasteiger partial charge in [0.2, 0.25) is 5.82 Å². The molecule has 0 atom stereocenters. The fourth-order valence-corrected chi connectivity index (χ4v) is 2.78. The van der Waals surface area contributed by atoms with Crippen LogP contribution in [0.1, 0.15) is 16.7 Å². The van der Waals surface area contributed by atoms with Crippen molar-refractivity contribution in [1.29, 1.82) is 0 Å². The van der Waals surface area contributed by atoms with Crippen molar-refractivity contribution in [2.24, 2.45) is 0 Å². The summed E-state index contributed by atoms with van der Waals surface area (Å²) in [6.07, 6.45) is -7.64. The lowest BCUT2D eigenvalue weighted by molar-refractivity contribution is -0.143. The number of anilines is 2. The Morgan fingerprint density at radius 2 is 1.63 bits per heavy atom. The number of urea groups is 1. The van der Waals surface area contributed by atoms with E-state index in [9.17, 15) is 35.9 Å². The highest BCUT2D eigenvalue weighted by atomic mass is 19.4. The van der Waals surface area contributed by atoms with E-state index in [0.717, 1.165) is 6.08 Å². The number of ether oxygens (including phenoxy) is 1. The number of nitrogens with zero attached hydrogens (tertiary/aromatic N) is 3. The molecule has 0 radical (unpaired) electrons. The summed E-state index contributed by atoms with van der Waals surface area (Å²) in [5, 5.41) is 17.4. The minimum atomic E-state index is -5.08. The first-order valence-electron chi connectivity index (χ1n) is 9.38. The Morgan fingerprint density at radius 3 is 2.17 bits per heavy atom. The summed E-state index contributed by atoms with van der Waals surface area (Å²) >= 11 is 0. The highest BCUT2D eigenvalue weighted by molar-refractivity contribution is 6.02. The normalized spacial score (nSPS) is 12.0. The molecule has 0 saturated heterocycles. The Bertz CT molecular complexity index is 1220. The van der Waals surface area contributed by atoms with E-state index < -0.39 is 41.2 Å². The van der Waals surface area contributed by atoms with Gasteiger partial charge in [0.15, 0.2) is 0 Å². The Kier molecular flexibility index (Phi) is 7.07. The molecule has 1 heterocycles. The zero-order valence-corrected chi connectivity index (χ0v) is 17.5. The van der Waals surface area contributed by atoms with Crippen molar-refractivity contribution in [3.05, 3.63) is 59.2 Å². The van der Waals surface area contributed by atoms with Gasteiger partial charge in [-0.05, 0) is 47.2 Å². The average Bonchev–Trinajstić information content (AvgIpc) is 3.31. The molecule has 0 aliphatic heterocycles. The van der Waals surface area contributed by atoms with E-state index in [2.05, 4.69) is 30.7 Å². The number of rotatable bonds is 5. The van der Waals surface area contributed by atoms with Gasteiger partial charge in [0, 0.05) is 17.3 Å². The van der Waals surface area contributed by atoms with Crippen molar-refractivity contribution in [3.8, 4) is 11.4 Å². The Balaban J connectivity index is 1.90. The molecule has 0 aliphatic rings. The van der Waals surface area contributed by atoms with E-state index in [-0.39, 0.29) is 23.1 Å². The van der Waals surface area contributed by atoms with Crippen LogP contribution in [0, 0.1) is 0 Å². The molecule has 0 saturated carbocycles. The van der Waals surface area contributed by atoms with Crippen molar-refractivity contribution in [2.45, 2.75) is 12.4 Å². The first-order valence-corrected chi connectivity index (χ1v) is 9.38. The van der Waals surface area contributed by atoms with Gasteiger partial charge in [0.1, 0.15) is 0 Å². The number of nitrogens with one attached hydrogen (secondary N) is 3. The third-order valence-corrected chi connectivity index (χ3v) is 4.34. The predicted molar refractivity (Wildman–Crippen MR) is 110 cm³/mol. The average molecular weight is 500 g/mol. The van der Waals surface area contributed by atoms with E-state index in [1.807, 2.05) is 5.32 Å². The Hall–Kier alpha value is -4.43. The number of tetrazole rings is 1. The van der Waals surface area contributed by atoms with Gasteiger partial charge in [0.05, 0.1) is 23.9 Å². The monoisotopic (exact) mass is 500 g/mol.